The van der Waals surface area contributed by atoms with Crippen LogP contribution in [0.25, 0.3) is 0 Å². The third-order valence-corrected chi connectivity index (χ3v) is 4.57. The van der Waals surface area contributed by atoms with Gasteiger partial charge in [0.2, 0.25) is 0 Å². The van der Waals surface area contributed by atoms with E-state index in [9.17, 15) is 4.79 Å². The second-order valence-corrected chi connectivity index (χ2v) is 5.49. The lowest BCUT2D eigenvalue weighted by Crippen LogP contribution is -2.17. The van der Waals surface area contributed by atoms with E-state index in [4.69, 9.17) is 5.11 Å². The van der Waals surface area contributed by atoms with Crippen LogP contribution in [0, 0.1) is 0 Å². The summed E-state index contributed by atoms with van der Waals surface area (Å²) in [6, 6.07) is 0. The standard InChI is InChI=1S/C11H14N2O2S/c14-10(15)7-3-4-8-9(7)12-11(16-8)13-5-1-2-6-13/h7H,1-6H2,(H,14,15). The first-order valence-electron chi connectivity index (χ1n) is 5.73. The number of aromatic nitrogens is 1. The number of rotatable bonds is 2. The van der Waals surface area contributed by atoms with Crippen molar-refractivity contribution in [3.8, 4) is 0 Å². The maximum Gasteiger partial charge on any atom is 0.312 e. The monoisotopic (exact) mass is 238 g/mol. The van der Waals surface area contributed by atoms with E-state index in [2.05, 4.69) is 9.88 Å². The lowest BCUT2D eigenvalue weighted by Gasteiger charge is -2.13. The molecule has 1 aromatic rings. The second-order valence-electron chi connectivity index (χ2n) is 4.43. The number of hydrogen-bond donors (Lipinski definition) is 1. The number of aliphatic carboxylic acids is 1. The molecule has 2 aliphatic rings. The predicted octanol–water partition coefficient (Wildman–Crippen LogP) is 1.86. The van der Waals surface area contributed by atoms with Gasteiger partial charge in [-0.3, -0.25) is 4.79 Å². The van der Waals surface area contributed by atoms with Crippen molar-refractivity contribution in [2.24, 2.45) is 0 Å². The first kappa shape index (κ1) is 10.1. The van der Waals surface area contributed by atoms with Gasteiger partial charge in [-0.25, -0.2) is 4.98 Å². The van der Waals surface area contributed by atoms with Crippen LogP contribution in [0.3, 0.4) is 0 Å². The molecule has 86 valence electrons. The van der Waals surface area contributed by atoms with Crippen LogP contribution in [-0.4, -0.2) is 29.1 Å². The summed E-state index contributed by atoms with van der Waals surface area (Å²) in [6.45, 7) is 2.15. The molecule has 0 saturated carbocycles. The molecule has 0 radical (unpaired) electrons. The lowest BCUT2D eigenvalue weighted by atomic mass is 10.1. The van der Waals surface area contributed by atoms with E-state index < -0.39 is 5.97 Å². The smallest absolute Gasteiger partial charge is 0.312 e. The molecule has 1 N–H and O–H groups in total. The number of hydrogen-bond acceptors (Lipinski definition) is 4. The molecule has 0 spiro atoms. The SMILES string of the molecule is O=C(O)C1CCc2sc(N3CCCC3)nc21. The van der Waals surface area contributed by atoms with Gasteiger partial charge >= 0.3 is 5.97 Å². The van der Waals surface area contributed by atoms with Crippen molar-refractivity contribution in [3.63, 3.8) is 0 Å². The van der Waals surface area contributed by atoms with Gasteiger partial charge in [-0.15, -0.1) is 11.3 Å². The summed E-state index contributed by atoms with van der Waals surface area (Å²) in [7, 11) is 0. The van der Waals surface area contributed by atoms with Crippen molar-refractivity contribution < 1.29 is 9.90 Å². The molecular weight excluding hydrogens is 224 g/mol. The van der Waals surface area contributed by atoms with E-state index in [1.54, 1.807) is 11.3 Å². The highest BCUT2D eigenvalue weighted by molar-refractivity contribution is 7.15. The van der Waals surface area contributed by atoms with Gasteiger partial charge in [0.1, 0.15) is 5.92 Å². The quantitative estimate of drug-likeness (QED) is 0.854. The van der Waals surface area contributed by atoms with E-state index in [0.717, 1.165) is 36.8 Å². The molecule has 5 heteroatoms. The van der Waals surface area contributed by atoms with Crippen LogP contribution in [-0.2, 0) is 11.2 Å². The van der Waals surface area contributed by atoms with E-state index >= 15 is 0 Å². The number of carboxylic acid groups (broad SMARTS) is 1. The van der Waals surface area contributed by atoms with Crippen molar-refractivity contribution in [1.82, 2.24) is 4.98 Å². The number of nitrogens with zero attached hydrogens (tertiary/aromatic N) is 2. The summed E-state index contributed by atoms with van der Waals surface area (Å²) in [5.41, 5.74) is 0.833. The number of anilines is 1. The molecule has 0 bridgehead atoms. The molecule has 1 aromatic heterocycles. The van der Waals surface area contributed by atoms with Gasteiger partial charge in [-0.05, 0) is 25.7 Å². The Hall–Kier alpha value is -1.10. The predicted molar refractivity (Wildman–Crippen MR) is 62.3 cm³/mol. The van der Waals surface area contributed by atoms with E-state index in [-0.39, 0.29) is 5.92 Å². The average molecular weight is 238 g/mol. The molecular formula is C11H14N2O2S. The molecule has 2 heterocycles. The molecule has 1 unspecified atom stereocenters. The van der Waals surface area contributed by atoms with E-state index in [0.29, 0.717) is 0 Å². The molecule has 1 saturated heterocycles. The maximum absolute atomic E-state index is 11.0. The van der Waals surface area contributed by atoms with Crippen molar-refractivity contribution in [2.75, 3.05) is 18.0 Å². The minimum atomic E-state index is -0.725. The lowest BCUT2D eigenvalue weighted by molar-refractivity contribution is -0.138. The molecule has 16 heavy (non-hydrogen) atoms. The average Bonchev–Trinajstić information content (AvgIpc) is 2.92. The van der Waals surface area contributed by atoms with Crippen LogP contribution in [0.5, 0.6) is 0 Å². The van der Waals surface area contributed by atoms with Crippen molar-refractivity contribution in [3.05, 3.63) is 10.6 Å². The van der Waals surface area contributed by atoms with Crippen LogP contribution < -0.4 is 4.90 Å². The van der Waals surface area contributed by atoms with Crippen LogP contribution >= 0.6 is 11.3 Å². The summed E-state index contributed by atoms with van der Waals surface area (Å²) >= 11 is 1.69. The zero-order valence-corrected chi connectivity index (χ0v) is 9.79. The van der Waals surface area contributed by atoms with Crippen LogP contribution in [0.1, 0.15) is 35.8 Å². The summed E-state index contributed by atoms with van der Waals surface area (Å²) in [4.78, 5) is 19.1. The summed E-state index contributed by atoms with van der Waals surface area (Å²) in [5.74, 6) is -1.08. The van der Waals surface area contributed by atoms with Gasteiger partial charge in [0, 0.05) is 18.0 Å². The maximum atomic E-state index is 11.0. The van der Waals surface area contributed by atoms with Crippen LogP contribution in [0.2, 0.25) is 0 Å². The van der Waals surface area contributed by atoms with Gasteiger partial charge in [0.05, 0.1) is 5.69 Å². The Morgan fingerprint density at radius 3 is 2.88 bits per heavy atom. The third-order valence-electron chi connectivity index (χ3n) is 3.38. The van der Waals surface area contributed by atoms with Crippen molar-refractivity contribution in [2.45, 2.75) is 31.6 Å². The summed E-state index contributed by atoms with van der Waals surface area (Å²) in [6.07, 6.45) is 4.07. The fourth-order valence-corrected chi connectivity index (χ4v) is 3.69. The minimum Gasteiger partial charge on any atom is -0.481 e. The topological polar surface area (TPSA) is 53.4 Å². The van der Waals surface area contributed by atoms with Gasteiger partial charge in [-0.1, -0.05) is 0 Å². The Morgan fingerprint density at radius 1 is 1.44 bits per heavy atom. The summed E-state index contributed by atoms with van der Waals surface area (Å²) < 4.78 is 0. The molecule has 1 aliphatic carbocycles. The molecule has 3 rings (SSSR count). The molecule has 0 aromatic carbocycles. The Morgan fingerprint density at radius 2 is 2.19 bits per heavy atom. The normalized spacial score (nSPS) is 23.8. The Balaban J connectivity index is 1.89. The van der Waals surface area contributed by atoms with Crippen molar-refractivity contribution >= 4 is 22.4 Å². The fraction of sp³-hybridized carbons (Fsp3) is 0.636. The number of fused-ring (bicyclic) bond motifs is 1. The van der Waals surface area contributed by atoms with Gasteiger partial charge in [-0.2, -0.15) is 0 Å². The molecule has 1 fully saturated rings. The van der Waals surface area contributed by atoms with Gasteiger partial charge < -0.3 is 10.0 Å². The van der Waals surface area contributed by atoms with E-state index in [1.165, 1.54) is 17.7 Å². The molecule has 4 nitrogen and oxygen atoms in total. The zero-order valence-electron chi connectivity index (χ0n) is 8.98. The van der Waals surface area contributed by atoms with Gasteiger partial charge in [0.15, 0.2) is 5.13 Å². The summed E-state index contributed by atoms with van der Waals surface area (Å²) in [5, 5.41) is 10.1. The fourth-order valence-electron chi connectivity index (χ4n) is 2.50. The number of carboxylic acids is 1. The third kappa shape index (κ3) is 1.50. The second kappa shape index (κ2) is 3.73. The number of aryl methyl sites for hydroxylation is 1. The van der Waals surface area contributed by atoms with Gasteiger partial charge in [0.25, 0.3) is 0 Å². The Kier molecular flexibility index (Phi) is 2.35. The number of thiazole rings is 1. The van der Waals surface area contributed by atoms with E-state index in [1.807, 2.05) is 0 Å². The zero-order chi connectivity index (χ0) is 11.1. The number of carbonyl (C=O) groups is 1. The van der Waals surface area contributed by atoms with Crippen LogP contribution in [0.15, 0.2) is 0 Å². The van der Waals surface area contributed by atoms with Crippen LogP contribution in [0.4, 0.5) is 5.13 Å². The first-order chi connectivity index (χ1) is 7.75. The van der Waals surface area contributed by atoms with Crippen molar-refractivity contribution in [1.29, 1.82) is 0 Å². The minimum absolute atomic E-state index is 0.359. The Labute approximate surface area is 97.9 Å². The molecule has 1 atom stereocenters. The Bertz CT molecular complexity index is 424. The first-order valence-corrected chi connectivity index (χ1v) is 6.54. The molecule has 0 amide bonds. The highest BCUT2D eigenvalue weighted by Crippen LogP contribution is 2.40. The molecule has 1 aliphatic heterocycles. The largest absolute Gasteiger partial charge is 0.481 e. The highest BCUT2D eigenvalue weighted by atomic mass is 32.1. The highest BCUT2D eigenvalue weighted by Gasteiger charge is 2.33.